The molecule has 0 aliphatic carbocycles. The van der Waals surface area contributed by atoms with Gasteiger partial charge in [0.1, 0.15) is 0 Å². The summed E-state index contributed by atoms with van der Waals surface area (Å²) < 4.78 is 2.20. The monoisotopic (exact) mass is 380 g/mol. The molecule has 0 radical (unpaired) electrons. The van der Waals surface area contributed by atoms with Crippen LogP contribution in [0.2, 0.25) is 5.02 Å². The fourth-order valence-corrected chi connectivity index (χ4v) is 3.90. The smallest absolute Gasteiger partial charge is 0.0636 e. The third-order valence-electron chi connectivity index (χ3n) is 5.15. The van der Waals surface area contributed by atoms with Gasteiger partial charge in [-0.15, -0.1) is 0 Å². The quantitative estimate of drug-likeness (QED) is 0.692. The summed E-state index contributed by atoms with van der Waals surface area (Å²) in [5.41, 5.74) is 3.69. The lowest BCUT2D eigenvalue weighted by Crippen LogP contribution is -2.45. The predicted molar refractivity (Wildman–Crippen MR) is 110 cm³/mol. The van der Waals surface area contributed by atoms with Crippen molar-refractivity contribution < 1.29 is 0 Å². The number of hydrogen-bond donors (Lipinski definition) is 1. The van der Waals surface area contributed by atoms with Crippen molar-refractivity contribution >= 4 is 11.6 Å². The van der Waals surface area contributed by atoms with E-state index in [0.29, 0.717) is 6.04 Å². The highest BCUT2D eigenvalue weighted by Crippen LogP contribution is 2.17. The summed E-state index contributed by atoms with van der Waals surface area (Å²) >= 11 is 6.00. The molecular weight excluding hydrogens is 356 g/mol. The molecule has 0 bridgehead atoms. The van der Waals surface area contributed by atoms with Crippen molar-refractivity contribution in [1.29, 1.82) is 0 Å². The molecule has 1 N–H and O–H groups in total. The summed E-state index contributed by atoms with van der Waals surface area (Å²) in [6.07, 6.45) is 8.27. The topological polar surface area (TPSA) is 33.1 Å². The number of aromatic nitrogens is 2. The van der Waals surface area contributed by atoms with E-state index in [4.69, 9.17) is 11.6 Å². The summed E-state index contributed by atoms with van der Waals surface area (Å²) in [5.74, 6) is 0. The van der Waals surface area contributed by atoms with Gasteiger partial charge < -0.3 is 9.88 Å². The van der Waals surface area contributed by atoms with Gasteiger partial charge in [0.2, 0.25) is 0 Å². The molecule has 0 amide bonds. The molecule has 27 heavy (non-hydrogen) atoms. The fraction of sp³-hybridized carbons (Fsp3) is 0.318. The van der Waals surface area contributed by atoms with Crippen LogP contribution in [0.3, 0.4) is 0 Å². The Labute approximate surface area is 165 Å². The van der Waals surface area contributed by atoms with Crippen LogP contribution in [0, 0.1) is 0 Å². The molecule has 0 saturated carbocycles. The number of halogens is 1. The minimum absolute atomic E-state index is 0.517. The highest BCUT2D eigenvalue weighted by molar-refractivity contribution is 6.30. The van der Waals surface area contributed by atoms with Crippen LogP contribution in [-0.2, 0) is 13.1 Å². The Morgan fingerprint density at radius 1 is 1.11 bits per heavy atom. The molecule has 140 valence electrons. The van der Waals surface area contributed by atoms with Crippen molar-refractivity contribution in [2.75, 3.05) is 13.1 Å². The molecule has 5 heteroatoms. The first-order valence-electron chi connectivity index (χ1n) is 9.55. The molecular formula is C22H25ClN4. The van der Waals surface area contributed by atoms with E-state index in [0.717, 1.165) is 36.9 Å². The number of hydrogen-bond acceptors (Lipinski definition) is 3. The highest BCUT2D eigenvalue weighted by Gasteiger charge is 2.20. The lowest BCUT2D eigenvalue weighted by Gasteiger charge is -2.33. The van der Waals surface area contributed by atoms with Crippen LogP contribution in [0.15, 0.2) is 67.1 Å². The third-order valence-corrected chi connectivity index (χ3v) is 5.41. The van der Waals surface area contributed by atoms with Gasteiger partial charge in [0, 0.05) is 48.8 Å². The van der Waals surface area contributed by atoms with E-state index in [1.807, 2.05) is 30.6 Å². The second kappa shape index (κ2) is 8.70. The van der Waals surface area contributed by atoms with Gasteiger partial charge in [-0.25, -0.2) is 0 Å². The Morgan fingerprint density at radius 3 is 2.81 bits per heavy atom. The minimum atomic E-state index is 0.517. The maximum Gasteiger partial charge on any atom is 0.0636 e. The van der Waals surface area contributed by atoms with Gasteiger partial charge in [-0.2, -0.15) is 0 Å². The van der Waals surface area contributed by atoms with Crippen LogP contribution in [0.1, 0.15) is 24.1 Å². The summed E-state index contributed by atoms with van der Waals surface area (Å²) in [6, 6.07) is 17.1. The first-order valence-corrected chi connectivity index (χ1v) is 9.92. The number of piperidine rings is 1. The van der Waals surface area contributed by atoms with Crippen LogP contribution in [0.25, 0.3) is 5.69 Å². The molecule has 1 aliphatic rings. The Morgan fingerprint density at radius 2 is 2.00 bits per heavy atom. The van der Waals surface area contributed by atoms with Gasteiger partial charge in [-0.1, -0.05) is 23.7 Å². The van der Waals surface area contributed by atoms with Crippen molar-refractivity contribution in [3.63, 3.8) is 0 Å². The van der Waals surface area contributed by atoms with Gasteiger partial charge in [-0.05, 0) is 61.3 Å². The molecule has 1 fully saturated rings. The Bertz CT molecular complexity index is 844. The molecule has 3 heterocycles. The number of benzene rings is 1. The van der Waals surface area contributed by atoms with E-state index >= 15 is 0 Å². The molecule has 3 aromatic rings. The zero-order chi connectivity index (χ0) is 18.5. The van der Waals surface area contributed by atoms with E-state index in [2.05, 4.69) is 56.3 Å². The third kappa shape index (κ3) is 4.78. The van der Waals surface area contributed by atoms with Crippen molar-refractivity contribution in [2.24, 2.45) is 0 Å². The molecule has 1 atom stereocenters. The van der Waals surface area contributed by atoms with Gasteiger partial charge in [-0.3, -0.25) is 9.88 Å². The van der Waals surface area contributed by atoms with E-state index in [-0.39, 0.29) is 0 Å². The molecule has 4 nitrogen and oxygen atoms in total. The van der Waals surface area contributed by atoms with Gasteiger partial charge in [0.15, 0.2) is 0 Å². The largest absolute Gasteiger partial charge is 0.318 e. The van der Waals surface area contributed by atoms with Crippen molar-refractivity contribution in [3.8, 4) is 5.69 Å². The average Bonchev–Trinajstić information content (AvgIpc) is 3.18. The van der Waals surface area contributed by atoms with Gasteiger partial charge in [0.05, 0.1) is 11.9 Å². The normalized spacial score (nSPS) is 17.9. The minimum Gasteiger partial charge on any atom is -0.318 e. The van der Waals surface area contributed by atoms with Crippen molar-refractivity contribution in [1.82, 2.24) is 19.8 Å². The van der Waals surface area contributed by atoms with Crippen LogP contribution in [-0.4, -0.2) is 33.6 Å². The van der Waals surface area contributed by atoms with E-state index < -0.39 is 0 Å². The molecule has 2 aromatic heterocycles. The van der Waals surface area contributed by atoms with E-state index in [1.165, 1.54) is 24.1 Å². The van der Waals surface area contributed by atoms with Gasteiger partial charge >= 0.3 is 0 Å². The zero-order valence-electron chi connectivity index (χ0n) is 15.4. The standard InChI is InChI=1S/C22H25ClN4/c23-19-9-7-18(8-10-19)16-26-12-2-4-20(17-26)25-15-22-6-3-13-27(22)21-5-1-11-24-14-21/h1,3,5-11,13-14,20,25H,2,4,12,15-17H2. The Balaban J connectivity index is 1.34. The summed E-state index contributed by atoms with van der Waals surface area (Å²) in [7, 11) is 0. The highest BCUT2D eigenvalue weighted by atomic mass is 35.5. The van der Waals surface area contributed by atoms with Crippen molar-refractivity contribution in [2.45, 2.75) is 32.0 Å². The summed E-state index contributed by atoms with van der Waals surface area (Å²) in [5, 5.41) is 4.55. The number of pyridine rings is 1. The van der Waals surface area contributed by atoms with Crippen LogP contribution >= 0.6 is 11.6 Å². The van der Waals surface area contributed by atoms with E-state index in [1.54, 1.807) is 0 Å². The fourth-order valence-electron chi connectivity index (χ4n) is 3.77. The van der Waals surface area contributed by atoms with Gasteiger partial charge in [0.25, 0.3) is 0 Å². The predicted octanol–water partition coefficient (Wildman–Crippen LogP) is 4.28. The SMILES string of the molecule is Clc1ccc(CN2CCCC(NCc3cccn3-c3cccnc3)C2)cc1. The van der Waals surface area contributed by atoms with E-state index in [9.17, 15) is 0 Å². The Kier molecular flexibility index (Phi) is 5.87. The molecule has 1 aromatic carbocycles. The number of nitrogens with one attached hydrogen (secondary N) is 1. The lowest BCUT2D eigenvalue weighted by atomic mass is 10.0. The summed E-state index contributed by atoms with van der Waals surface area (Å²) in [6.45, 7) is 4.09. The van der Waals surface area contributed by atoms with Crippen LogP contribution in [0.5, 0.6) is 0 Å². The first-order chi connectivity index (χ1) is 13.3. The average molecular weight is 381 g/mol. The number of rotatable bonds is 6. The van der Waals surface area contributed by atoms with Crippen LogP contribution in [0.4, 0.5) is 0 Å². The zero-order valence-corrected chi connectivity index (χ0v) is 16.1. The second-order valence-corrected chi connectivity index (χ2v) is 7.60. The molecule has 1 aliphatic heterocycles. The number of likely N-dealkylation sites (tertiary alicyclic amines) is 1. The molecule has 0 spiro atoms. The second-order valence-electron chi connectivity index (χ2n) is 7.16. The van der Waals surface area contributed by atoms with Crippen molar-refractivity contribution in [3.05, 3.63) is 83.4 Å². The molecule has 1 unspecified atom stereocenters. The Hall–Kier alpha value is -2.14. The first kappa shape index (κ1) is 18.2. The molecule has 1 saturated heterocycles. The number of nitrogens with zero attached hydrogens (tertiary/aromatic N) is 3. The summed E-state index contributed by atoms with van der Waals surface area (Å²) in [4.78, 5) is 6.76. The lowest BCUT2D eigenvalue weighted by molar-refractivity contribution is 0.182. The maximum absolute atomic E-state index is 6.00. The maximum atomic E-state index is 6.00. The molecule has 4 rings (SSSR count). The van der Waals surface area contributed by atoms with Crippen LogP contribution < -0.4 is 5.32 Å².